The summed E-state index contributed by atoms with van der Waals surface area (Å²) in [6, 6.07) is 3.22. The molecule has 0 atom stereocenters. The highest BCUT2D eigenvalue weighted by Gasteiger charge is 2.11. The molecule has 0 bridgehead atoms. The number of unbranched alkanes of at least 4 members (excludes halogenated alkanes) is 10. The summed E-state index contributed by atoms with van der Waals surface area (Å²) in [7, 11) is 0. The van der Waals surface area contributed by atoms with Gasteiger partial charge in [-0.15, -0.1) is 0 Å². The molecule has 0 heterocycles. The van der Waals surface area contributed by atoms with Crippen LogP contribution in [0.15, 0.2) is 17.3 Å². The number of hydrogen-bond acceptors (Lipinski definition) is 5. The molecule has 0 saturated heterocycles. The van der Waals surface area contributed by atoms with Crippen LogP contribution in [0.2, 0.25) is 0 Å². The Morgan fingerprint density at radius 3 is 1.71 bits per heavy atom. The van der Waals surface area contributed by atoms with Crippen LogP contribution in [0.4, 0.5) is 0 Å². The van der Waals surface area contributed by atoms with E-state index in [-0.39, 0.29) is 5.75 Å². The van der Waals surface area contributed by atoms with E-state index in [2.05, 4.69) is 19.0 Å². The third-order valence-corrected chi connectivity index (χ3v) is 4.80. The average molecular weight is 394 g/mol. The van der Waals surface area contributed by atoms with Gasteiger partial charge in [-0.2, -0.15) is 0 Å². The lowest BCUT2D eigenvalue weighted by molar-refractivity contribution is 0.257. The Morgan fingerprint density at radius 2 is 1.21 bits per heavy atom. The summed E-state index contributed by atoms with van der Waals surface area (Å²) >= 11 is 0. The van der Waals surface area contributed by atoms with E-state index in [0.29, 0.717) is 30.3 Å². The van der Waals surface area contributed by atoms with E-state index in [4.69, 9.17) is 14.7 Å². The van der Waals surface area contributed by atoms with E-state index in [9.17, 15) is 5.11 Å². The van der Waals surface area contributed by atoms with Crippen molar-refractivity contribution in [2.45, 2.75) is 90.9 Å². The molecule has 0 amide bonds. The number of rotatable bonds is 17. The molecule has 0 fully saturated rings. The Balaban J connectivity index is 2.52. The fraction of sp³-hybridized carbons (Fsp3) is 0.696. The molecule has 2 N–H and O–H groups in total. The Hall–Kier alpha value is -1.91. The van der Waals surface area contributed by atoms with Gasteiger partial charge in [-0.3, -0.25) is 0 Å². The first-order valence-electron chi connectivity index (χ1n) is 11.0. The van der Waals surface area contributed by atoms with Crippen molar-refractivity contribution >= 4 is 6.21 Å². The molecular weight excluding hydrogens is 354 g/mol. The average Bonchev–Trinajstić information content (AvgIpc) is 2.69. The largest absolute Gasteiger partial charge is 0.507 e. The van der Waals surface area contributed by atoms with Crippen LogP contribution in [0, 0.1) is 0 Å². The van der Waals surface area contributed by atoms with Crippen molar-refractivity contribution < 1.29 is 19.8 Å². The van der Waals surface area contributed by atoms with E-state index in [0.717, 1.165) is 25.7 Å². The number of phenols is 1. The summed E-state index contributed by atoms with van der Waals surface area (Å²) in [5, 5.41) is 21.9. The van der Waals surface area contributed by atoms with E-state index in [1.165, 1.54) is 57.6 Å². The van der Waals surface area contributed by atoms with Gasteiger partial charge in [0.2, 0.25) is 0 Å². The molecule has 160 valence electrons. The van der Waals surface area contributed by atoms with Gasteiger partial charge in [-0.1, -0.05) is 83.2 Å². The van der Waals surface area contributed by atoms with E-state index < -0.39 is 0 Å². The van der Waals surface area contributed by atoms with Gasteiger partial charge in [0.25, 0.3) is 0 Å². The molecule has 0 aliphatic rings. The van der Waals surface area contributed by atoms with Gasteiger partial charge in [-0.05, 0) is 18.9 Å². The van der Waals surface area contributed by atoms with Crippen molar-refractivity contribution in [2.75, 3.05) is 13.2 Å². The smallest absolute Gasteiger partial charge is 0.164 e. The molecule has 0 aromatic heterocycles. The van der Waals surface area contributed by atoms with Crippen molar-refractivity contribution in [1.82, 2.24) is 0 Å². The van der Waals surface area contributed by atoms with Crippen molar-refractivity contribution in [3.05, 3.63) is 17.7 Å². The molecular formula is C23H39NO4. The Morgan fingerprint density at radius 1 is 0.750 bits per heavy atom. The second-order valence-corrected chi connectivity index (χ2v) is 7.33. The molecule has 0 saturated carbocycles. The highest BCUT2D eigenvalue weighted by atomic mass is 16.5. The van der Waals surface area contributed by atoms with Crippen LogP contribution in [-0.2, 0) is 0 Å². The van der Waals surface area contributed by atoms with Crippen LogP contribution in [0.25, 0.3) is 0 Å². The van der Waals surface area contributed by atoms with Gasteiger partial charge in [-0.25, -0.2) is 0 Å². The van der Waals surface area contributed by atoms with Crippen molar-refractivity contribution in [3.63, 3.8) is 0 Å². The predicted octanol–water partition coefficient (Wildman–Crippen LogP) is 6.68. The maximum atomic E-state index is 10.1. The molecule has 5 heteroatoms. The summed E-state index contributed by atoms with van der Waals surface area (Å²) in [6.07, 6.45) is 15.6. The number of benzene rings is 1. The predicted molar refractivity (Wildman–Crippen MR) is 115 cm³/mol. The molecule has 0 spiro atoms. The highest BCUT2D eigenvalue weighted by Crippen LogP contribution is 2.34. The SMILES string of the molecule is CCCCCCCCOc1cc(O)c(/C=N/O)cc1OCCCCCCCC. The van der Waals surface area contributed by atoms with Gasteiger partial charge in [0, 0.05) is 11.6 Å². The highest BCUT2D eigenvalue weighted by molar-refractivity contribution is 5.84. The molecule has 0 radical (unpaired) electrons. The van der Waals surface area contributed by atoms with Crippen molar-refractivity contribution in [2.24, 2.45) is 5.16 Å². The van der Waals surface area contributed by atoms with Crippen molar-refractivity contribution in [3.8, 4) is 17.2 Å². The van der Waals surface area contributed by atoms with Gasteiger partial charge in [0.1, 0.15) is 5.75 Å². The minimum Gasteiger partial charge on any atom is -0.507 e. The molecule has 28 heavy (non-hydrogen) atoms. The summed E-state index contributed by atoms with van der Waals surface area (Å²) in [4.78, 5) is 0. The number of ether oxygens (including phenoxy) is 2. The van der Waals surface area contributed by atoms with Crippen LogP contribution in [-0.4, -0.2) is 29.7 Å². The number of oxime groups is 1. The van der Waals surface area contributed by atoms with Gasteiger partial charge < -0.3 is 19.8 Å². The second kappa shape index (κ2) is 16.1. The molecule has 0 aliphatic carbocycles. The topological polar surface area (TPSA) is 71.3 Å². The minimum absolute atomic E-state index is 0.0164. The maximum absolute atomic E-state index is 10.1. The maximum Gasteiger partial charge on any atom is 0.164 e. The lowest BCUT2D eigenvalue weighted by Crippen LogP contribution is -2.03. The molecule has 1 aromatic rings. The van der Waals surface area contributed by atoms with Gasteiger partial charge >= 0.3 is 0 Å². The Kier molecular flexibility index (Phi) is 13.9. The van der Waals surface area contributed by atoms with E-state index in [1.807, 2.05) is 0 Å². The zero-order valence-corrected chi connectivity index (χ0v) is 17.8. The number of hydrogen-bond donors (Lipinski definition) is 2. The van der Waals surface area contributed by atoms with Crippen LogP contribution < -0.4 is 9.47 Å². The zero-order valence-electron chi connectivity index (χ0n) is 17.8. The van der Waals surface area contributed by atoms with Crippen LogP contribution in [0.3, 0.4) is 0 Å². The van der Waals surface area contributed by atoms with E-state index in [1.54, 1.807) is 12.1 Å². The van der Waals surface area contributed by atoms with Gasteiger partial charge in [0.05, 0.1) is 19.4 Å². The fourth-order valence-corrected chi connectivity index (χ4v) is 3.09. The third kappa shape index (κ3) is 10.4. The first-order valence-corrected chi connectivity index (χ1v) is 11.0. The Labute approximate surface area is 170 Å². The first kappa shape index (κ1) is 24.1. The molecule has 0 unspecified atom stereocenters. The molecule has 5 nitrogen and oxygen atoms in total. The standard InChI is InChI=1S/C23H39NO4/c1-3-5-7-9-11-13-15-27-22-17-20(19-24-26)21(25)18-23(22)28-16-14-12-10-8-6-4-2/h17-19,25-26H,3-16H2,1-2H3/b24-19+. The lowest BCUT2D eigenvalue weighted by Gasteiger charge is -2.14. The summed E-state index contributed by atoms with van der Waals surface area (Å²) < 4.78 is 11.8. The number of nitrogens with zero attached hydrogens (tertiary/aromatic N) is 1. The van der Waals surface area contributed by atoms with Crippen LogP contribution >= 0.6 is 0 Å². The molecule has 1 aromatic carbocycles. The number of phenolic OH excluding ortho intramolecular Hbond substituents is 1. The second-order valence-electron chi connectivity index (χ2n) is 7.33. The van der Waals surface area contributed by atoms with Crippen molar-refractivity contribution in [1.29, 1.82) is 0 Å². The summed E-state index contributed by atoms with van der Waals surface area (Å²) in [5.41, 5.74) is 0.410. The summed E-state index contributed by atoms with van der Waals surface area (Å²) in [6.45, 7) is 5.65. The molecule has 0 aliphatic heterocycles. The van der Waals surface area contributed by atoms with Crippen LogP contribution in [0.5, 0.6) is 17.2 Å². The quantitative estimate of drug-likeness (QED) is 0.134. The van der Waals surface area contributed by atoms with Gasteiger partial charge in [0.15, 0.2) is 11.5 Å². The lowest BCUT2D eigenvalue weighted by atomic mass is 10.1. The minimum atomic E-state index is 0.0164. The monoisotopic (exact) mass is 393 g/mol. The number of aromatic hydroxyl groups is 1. The van der Waals surface area contributed by atoms with Crippen LogP contribution in [0.1, 0.15) is 96.5 Å². The fourth-order valence-electron chi connectivity index (χ4n) is 3.09. The first-order chi connectivity index (χ1) is 13.7. The third-order valence-electron chi connectivity index (χ3n) is 4.80. The zero-order chi connectivity index (χ0) is 20.5. The van der Waals surface area contributed by atoms with E-state index >= 15 is 0 Å². The normalized spacial score (nSPS) is 11.2. The molecule has 1 rings (SSSR count). The summed E-state index contributed by atoms with van der Waals surface area (Å²) in [5.74, 6) is 1.15. The Bertz CT molecular complexity index is 546.